The molecule has 0 radical (unpaired) electrons. The van der Waals surface area contributed by atoms with Gasteiger partial charge in [-0.2, -0.15) is 0 Å². The van der Waals surface area contributed by atoms with Gasteiger partial charge in [0, 0.05) is 13.5 Å². The largest absolute Gasteiger partial charge is 0.373 e. The Kier molecular flexibility index (Phi) is 4.88. The Hall–Kier alpha value is -1.15. The third-order valence-corrected chi connectivity index (χ3v) is 3.05. The summed E-state index contributed by atoms with van der Waals surface area (Å²) < 4.78 is 5.27. The van der Waals surface area contributed by atoms with E-state index in [1.165, 1.54) is 11.1 Å². The molecule has 1 aromatic carbocycles. The third kappa shape index (κ3) is 3.67. The van der Waals surface area contributed by atoms with E-state index in [2.05, 4.69) is 18.2 Å². The smallest absolute Gasteiger partial charge is 0.166 e. The summed E-state index contributed by atoms with van der Waals surface area (Å²) in [7, 11) is 1.60. The summed E-state index contributed by atoms with van der Waals surface area (Å²) in [6.07, 6.45) is 0.166. The first-order valence-corrected chi connectivity index (χ1v) is 6.07. The molecule has 0 aliphatic rings. The number of carbonyl (C=O) groups is 1. The number of benzene rings is 1. The highest BCUT2D eigenvalue weighted by Crippen LogP contribution is 2.15. The van der Waals surface area contributed by atoms with E-state index in [1.807, 2.05) is 27.7 Å². The van der Waals surface area contributed by atoms with E-state index < -0.39 is 0 Å². The van der Waals surface area contributed by atoms with Gasteiger partial charge in [0.2, 0.25) is 0 Å². The van der Waals surface area contributed by atoms with Crippen molar-refractivity contribution in [1.82, 2.24) is 0 Å². The van der Waals surface area contributed by atoms with Gasteiger partial charge < -0.3 is 4.74 Å². The molecule has 94 valence electrons. The number of hydrogen-bond acceptors (Lipinski definition) is 2. The molecule has 0 spiro atoms. The topological polar surface area (TPSA) is 26.3 Å². The Labute approximate surface area is 104 Å². The van der Waals surface area contributed by atoms with Gasteiger partial charge in [0.15, 0.2) is 5.78 Å². The van der Waals surface area contributed by atoms with Crippen molar-refractivity contribution in [2.45, 2.75) is 40.2 Å². The molecule has 0 bridgehead atoms. The van der Waals surface area contributed by atoms with E-state index >= 15 is 0 Å². The number of methoxy groups -OCH3 is 1. The van der Waals surface area contributed by atoms with Crippen LogP contribution in [-0.2, 0) is 16.0 Å². The average molecular weight is 234 g/mol. The maximum Gasteiger partial charge on any atom is 0.166 e. The fourth-order valence-corrected chi connectivity index (χ4v) is 2.05. The van der Waals surface area contributed by atoms with Crippen LogP contribution >= 0.6 is 0 Å². The quantitative estimate of drug-likeness (QED) is 0.782. The molecule has 0 aliphatic heterocycles. The summed E-state index contributed by atoms with van der Waals surface area (Å²) in [4.78, 5) is 12.1. The summed E-state index contributed by atoms with van der Waals surface area (Å²) in [5.41, 5.74) is 3.47. The van der Waals surface area contributed by atoms with Gasteiger partial charge >= 0.3 is 0 Å². The highest BCUT2D eigenvalue weighted by Gasteiger charge is 2.21. The van der Waals surface area contributed by atoms with E-state index in [-0.39, 0.29) is 17.8 Å². The maximum atomic E-state index is 12.1. The Morgan fingerprint density at radius 1 is 1.29 bits per heavy atom. The molecule has 1 unspecified atom stereocenters. The van der Waals surface area contributed by atoms with Crippen LogP contribution in [0.5, 0.6) is 0 Å². The number of ether oxygens (including phenoxy) is 1. The van der Waals surface area contributed by atoms with Crippen molar-refractivity contribution in [3.05, 3.63) is 34.9 Å². The van der Waals surface area contributed by atoms with Gasteiger partial charge in [-0.1, -0.05) is 37.6 Å². The van der Waals surface area contributed by atoms with Gasteiger partial charge in [-0.3, -0.25) is 4.79 Å². The maximum absolute atomic E-state index is 12.1. The lowest BCUT2D eigenvalue weighted by Gasteiger charge is -2.18. The molecule has 0 amide bonds. The molecule has 2 nitrogen and oxygen atoms in total. The molecule has 1 atom stereocenters. The summed E-state index contributed by atoms with van der Waals surface area (Å²) in [5, 5.41) is 0. The number of hydrogen-bond donors (Lipinski definition) is 0. The summed E-state index contributed by atoms with van der Waals surface area (Å²) in [5.74, 6) is 0.383. The highest BCUT2D eigenvalue weighted by molar-refractivity contribution is 5.85. The highest BCUT2D eigenvalue weighted by atomic mass is 16.5. The number of Topliss-reactive ketones (excluding diaryl/α,β-unsaturated/α-hetero) is 1. The molecule has 0 N–H and O–H groups in total. The van der Waals surface area contributed by atoms with Gasteiger partial charge in [-0.05, 0) is 30.9 Å². The van der Waals surface area contributed by atoms with Crippen LogP contribution in [0.2, 0.25) is 0 Å². The normalized spacial score (nSPS) is 12.8. The molecule has 17 heavy (non-hydrogen) atoms. The second kappa shape index (κ2) is 5.97. The van der Waals surface area contributed by atoms with Crippen LogP contribution in [0.3, 0.4) is 0 Å². The molecule has 2 heteroatoms. The van der Waals surface area contributed by atoms with Crippen LogP contribution in [0.4, 0.5) is 0 Å². The van der Waals surface area contributed by atoms with Crippen molar-refractivity contribution >= 4 is 5.78 Å². The molecule has 1 aromatic rings. The number of carbonyl (C=O) groups excluding carboxylic acids is 1. The Balaban J connectivity index is 2.83. The zero-order chi connectivity index (χ0) is 13.0. The Morgan fingerprint density at radius 3 is 2.47 bits per heavy atom. The van der Waals surface area contributed by atoms with E-state index in [9.17, 15) is 4.79 Å². The van der Waals surface area contributed by atoms with E-state index in [4.69, 9.17) is 4.74 Å². The van der Waals surface area contributed by atoms with Crippen molar-refractivity contribution < 1.29 is 9.53 Å². The second-order valence-corrected chi connectivity index (χ2v) is 4.97. The SMILES string of the molecule is COC(C(=O)Cc1cc(C)ccc1C)C(C)C. The lowest BCUT2D eigenvalue weighted by atomic mass is 9.95. The minimum absolute atomic E-state index is 0.163. The number of aryl methyl sites for hydroxylation is 2. The zero-order valence-corrected chi connectivity index (χ0v) is 11.4. The van der Waals surface area contributed by atoms with Crippen molar-refractivity contribution in [1.29, 1.82) is 0 Å². The van der Waals surface area contributed by atoms with Crippen LogP contribution in [0.25, 0.3) is 0 Å². The van der Waals surface area contributed by atoms with Crippen LogP contribution in [0, 0.1) is 19.8 Å². The summed E-state index contributed by atoms with van der Waals surface area (Å²) in [6, 6.07) is 6.22. The van der Waals surface area contributed by atoms with Crippen molar-refractivity contribution in [3.8, 4) is 0 Å². The van der Waals surface area contributed by atoms with Gasteiger partial charge in [-0.25, -0.2) is 0 Å². The first kappa shape index (κ1) is 13.9. The number of rotatable bonds is 5. The average Bonchev–Trinajstić information content (AvgIpc) is 2.24. The lowest BCUT2D eigenvalue weighted by molar-refractivity contribution is -0.130. The van der Waals surface area contributed by atoms with E-state index in [0.29, 0.717) is 6.42 Å². The Morgan fingerprint density at radius 2 is 1.94 bits per heavy atom. The first-order chi connectivity index (χ1) is 7.95. The lowest BCUT2D eigenvalue weighted by Crippen LogP contribution is -2.30. The van der Waals surface area contributed by atoms with Gasteiger partial charge in [0.05, 0.1) is 0 Å². The minimum Gasteiger partial charge on any atom is -0.373 e. The monoisotopic (exact) mass is 234 g/mol. The molecule has 0 fully saturated rings. The zero-order valence-electron chi connectivity index (χ0n) is 11.4. The fourth-order valence-electron chi connectivity index (χ4n) is 2.05. The predicted molar refractivity (Wildman–Crippen MR) is 70.3 cm³/mol. The van der Waals surface area contributed by atoms with E-state index in [1.54, 1.807) is 7.11 Å². The van der Waals surface area contributed by atoms with Crippen LogP contribution < -0.4 is 0 Å². The third-order valence-electron chi connectivity index (χ3n) is 3.05. The molecule has 0 heterocycles. The molecule has 0 aromatic heterocycles. The van der Waals surface area contributed by atoms with Gasteiger partial charge in [-0.15, -0.1) is 0 Å². The predicted octanol–water partition coefficient (Wildman–Crippen LogP) is 3.09. The van der Waals surface area contributed by atoms with Gasteiger partial charge in [0.25, 0.3) is 0 Å². The number of ketones is 1. The molecular weight excluding hydrogens is 212 g/mol. The summed E-state index contributed by atoms with van der Waals surface area (Å²) >= 11 is 0. The minimum atomic E-state index is -0.296. The van der Waals surface area contributed by atoms with Crippen molar-refractivity contribution in [2.75, 3.05) is 7.11 Å². The summed E-state index contributed by atoms with van der Waals surface area (Å²) in [6.45, 7) is 8.10. The van der Waals surface area contributed by atoms with Gasteiger partial charge in [0.1, 0.15) is 6.10 Å². The molecular formula is C15H22O2. The Bertz CT molecular complexity index is 394. The fraction of sp³-hybridized carbons (Fsp3) is 0.533. The van der Waals surface area contributed by atoms with Crippen LogP contribution in [0.15, 0.2) is 18.2 Å². The molecule has 0 aliphatic carbocycles. The molecule has 0 saturated heterocycles. The van der Waals surface area contributed by atoms with E-state index in [0.717, 1.165) is 5.56 Å². The standard InChI is InChI=1S/C15H22O2/c1-10(2)15(17-5)14(16)9-13-8-11(3)6-7-12(13)4/h6-8,10,15H,9H2,1-5H3. The van der Waals surface area contributed by atoms with Crippen molar-refractivity contribution in [2.24, 2.45) is 5.92 Å². The van der Waals surface area contributed by atoms with Crippen LogP contribution in [-0.4, -0.2) is 19.0 Å². The second-order valence-electron chi connectivity index (χ2n) is 4.97. The molecule has 1 rings (SSSR count). The van der Waals surface area contributed by atoms with Crippen molar-refractivity contribution in [3.63, 3.8) is 0 Å². The molecule has 0 saturated carbocycles. The first-order valence-electron chi connectivity index (χ1n) is 6.07. The van der Waals surface area contributed by atoms with Crippen LogP contribution in [0.1, 0.15) is 30.5 Å².